The van der Waals surface area contributed by atoms with Crippen LogP contribution in [0, 0.1) is 0 Å². The Balaban J connectivity index is 1.92. The van der Waals surface area contributed by atoms with E-state index >= 15 is 0 Å². The SMILES string of the molecule is CCCCCCOc1ccccc1CNCc1cc(OC)c(OC)cc1Cl. The van der Waals surface area contributed by atoms with Crippen molar-refractivity contribution in [2.24, 2.45) is 0 Å². The van der Waals surface area contributed by atoms with Crippen LogP contribution >= 0.6 is 11.6 Å². The highest BCUT2D eigenvalue weighted by Gasteiger charge is 2.10. The Kier molecular flexibility index (Phi) is 9.29. The molecule has 2 aromatic rings. The average molecular weight is 392 g/mol. The summed E-state index contributed by atoms with van der Waals surface area (Å²) in [5.74, 6) is 2.25. The van der Waals surface area contributed by atoms with Crippen molar-refractivity contribution < 1.29 is 14.2 Å². The number of nitrogens with one attached hydrogen (secondary N) is 1. The minimum absolute atomic E-state index is 0.629. The van der Waals surface area contributed by atoms with Crippen molar-refractivity contribution in [2.75, 3.05) is 20.8 Å². The molecule has 0 fully saturated rings. The van der Waals surface area contributed by atoms with E-state index in [0.29, 0.717) is 29.6 Å². The Morgan fingerprint density at radius 3 is 2.30 bits per heavy atom. The summed E-state index contributed by atoms with van der Waals surface area (Å²) < 4.78 is 16.6. The number of methoxy groups -OCH3 is 2. The second-order valence-corrected chi connectivity index (χ2v) is 6.83. The van der Waals surface area contributed by atoms with Crippen molar-refractivity contribution in [1.29, 1.82) is 0 Å². The van der Waals surface area contributed by atoms with Gasteiger partial charge in [0.2, 0.25) is 0 Å². The molecule has 0 radical (unpaired) electrons. The van der Waals surface area contributed by atoms with Gasteiger partial charge in [-0.2, -0.15) is 0 Å². The summed E-state index contributed by atoms with van der Waals surface area (Å²) in [7, 11) is 3.22. The average Bonchev–Trinajstić information content (AvgIpc) is 2.69. The summed E-state index contributed by atoms with van der Waals surface area (Å²) in [5.41, 5.74) is 2.11. The van der Waals surface area contributed by atoms with Gasteiger partial charge >= 0.3 is 0 Å². The smallest absolute Gasteiger partial charge is 0.162 e. The summed E-state index contributed by atoms with van der Waals surface area (Å²) in [6.45, 7) is 4.31. The number of benzene rings is 2. The van der Waals surface area contributed by atoms with Crippen molar-refractivity contribution >= 4 is 11.6 Å². The van der Waals surface area contributed by atoms with Crippen LogP contribution in [0.5, 0.6) is 17.2 Å². The minimum Gasteiger partial charge on any atom is -0.493 e. The zero-order valence-electron chi connectivity index (χ0n) is 16.5. The van der Waals surface area contributed by atoms with Crippen LogP contribution in [-0.2, 0) is 13.1 Å². The van der Waals surface area contributed by atoms with Crippen molar-refractivity contribution in [1.82, 2.24) is 5.32 Å². The van der Waals surface area contributed by atoms with E-state index in [4.69, 9.17) is 25.8 Å². The predicted molar refractivity (Wildman–Crippen MR) is 111 cm³/mol. The number of hydrogen-bond acceptors (Lipinski definition) is 4. The number of unbranched alkanes of at least 4 members (excludes halogenated alkanes) is 3. The van der Waals surface area contributed by atoms with Crippen molar-refractivity contribution in [3.8, 4) is 17.2 Å². The predicted octanol–water partition coefficient (Wildman–Crippen LogP) is 5.61. The van der Waals surface area contributed by atoms with E-state index in [1.807, 2.05) is 24.3 Å². The molecule has 0 spiro atoms. The molecule has 0 aliphatic heterocycles. The van der Waals surface area contributed by atoms with Crippen LogP contribution < -0.4 is 19.5 Å². The molecule has 0 saturated carbocycles. The van der Waals surface area contributed by atoms with E-state index < -0.39 is 0 Å². The highest BCUT2D eigenvalue weighted by molar-refractivity contribution is 6.31. The van der Waals surface area contributed by atoms with Crippen molar-refractivity contribution in [3.63, 3.8) is 0 Å². The molecule has 4 nitrogen and oxygen atoms in total. The molecule has 0 bridgehead atoms. The second-order valence-electron chi connectivity index (χ2n) is 6.42. The summed E-state index contributed by atoms with van der Waals surface area (Å²) in [6.07, 6.45) is 4.81. The highest BCUT2D eigenvalue weighted by atomic mass is 35.5. The molecule has 5 heteroatoms. The van der Waals surface area contributed by atoms with Gasteiger partial charge in [0.05, 0.1) is 20.8 Å². The third-order valence-electron chi connectivity index (χ3n) is 4.41. The molecule has 1 N–H and O–H groups in total. The molecular weight excluding hydrogens is 362 g/mol. The number of hydrogen-bond donors (Lipinski definition) is 1. The van der Waals surface area contributed by atoms with E-state index in [1.54, 1.807) is 20.3 Å². The molecule has 0 unspecified atom stereocenters. The standard InChI is InChI=1S/C22H30ClNO3/c1-4-5-6-9-12-27-20-11-8-7-10-17(20)15-24-16-18-13-21(25-2)22(26-3)14-19(18)23/h7-8,10-11,13-14,24H,4-6,9,12,15-16H2,1-3H3. The fourth-order valence-electron chi connectivity index (χ4n) is 2.87. The lowest BCUT2D eigenvalue weighted by atomic mass is 10.1. The van der Waals surface area contributed by atoms with E-state index in [9.17, 15) is 0 Å². The van der Waals surface area contributed by atoms with Crippen LogP contribution in [0.2, 0.25) is 5.02 Å². The molecule has 2 aromatic carbocycles. The molecular formula is C22H30ClNO3. The van der Waals surface area contributed by atoms with Gasteiger partial charge in [-0.15, -0.1) is 0 Å². The van der Waals surface area contributed by atoms with E-state index in [2.05, 4.69) is 18.3 Å². The fourth-order valence-corrected chi connectivity index (χ4v) is 3.09. The maximum absolute atomic E-state index is 6.36. The monoisotopic (exact) mass is 391 g/mol. The second kappa shape index (κ2) is 11.7. The quantitative estimate of drug-likeness (QED) is 0.477. The normalized spacial score (nSPS) is 10.7. The fraction of sp³-hybridized carbons (Fsp3) is 0.455. The first-order chi connectivity index (χ1) is 13.2. The Morgan fingerprint density at radius 1 is 0.852 bits per heavy atom. The zero-order valence-corrected chi connectivity index (χ0v) is 17.3. The Hall–Kier alpha value is -1.91. The number of ether oxygens (including phenoxy) is 3. The van der Waals surface area contributed by atoms with Crippen LogP contribution in [0.25, 0.3) is 0 Å². The number of para-hydroxylation sites is 1. The molecule has 0 heterocycles. The molecule has 0 aliphatic rings. The van der Waals surface area contributed by atoms with Gasteiger partial charge < -0.3 is 19.5 Å². The van der Waals surface area contributed by atoms with Crippen LogP contribution in [-0.4, -0.2) is 20.8 Å². The molecule has 27 heavy (non-hydrogen) atoms. The maximum Gasteiger partial charge on any atom is 0.162 e. The molecule has 0 atom stereocenters. The molecule has 0 aliphatic carbocycles. The summed E-state index contributed by atoms with van der Waals surface area (Å²) in [6, 6.07) is 11.8. The maximum atomic E-state index is 6.36. The van der Waals surface area contributed by atoms with Crippen molar-refractivity contribution in [2.45, 2.75) is 45.7 Å². The Bertz CT molecular complexity index is 706. The van der Waals surface area contributed by atoms with Gasteiger partial charge in [-0.05, 0) is 24.1 Å². The van der Waals surface area contributed by atoms with Crippen molar-refractivity contribution in [3.05, 3.63) is 52.5 Å². The Labute approximate surface area is 167 Å². The first-order valence-corrected chi connectivity index (χ1v) is 9.89. The summed E-state index contributed by atoms with van der Waals surface area (Å²) in [4.78, 5) is 0. The molecule has 0 aromatic heterocycles. The lowest BCUT2D eigenvalue weighted by molar-refractivity contribution is 0.301. The van der Waals surface area contributed by atoms with Gasteiger partial charge in [0.25, 0.3) is 0 Å². The topological polar surface area (TPSA) is 39.7 Å². The largest absolute Gasteiger partial charge is 0.493 e. The van der Waals surface area contributed by atoms with Gasteiger partial charge in [0.15, 0.2) is 11.5 Å². The zero-order chi connectivity index (χ0) is 19.5. The third-order valence-corrected chi connectivity index (χ3v) is 4.76. The van der Waals surface area contributed by atoms with Crippen LogP contribution in [0.4, 0.5) is 0 Å². The molecule has 148 valence electrons. The third kappa shape index (κ3) is 6.64. The summed E-state index contributed by atoms with van der Waals surface area (Å²) >= 11 is 6.36. The number of halogens is 1. The van der Waals surface area contributed by atoms with Crippen LogP contribution in [0.1, 0.15) is 43.7 Å². The highest BCUT2D eigenvalue weighted by Crippen LogP contribution is 2.33. The van der Waals surface area contributed by atoms with Crippen LogP contribution in [0.15, 0.2) is 36.4 Å². The van der Waals surface area contributed by atoms with Gasteiger partial charge in [-0.25, -0.2) is 0 Å². The van der Waals surface area contributed by atoms with Gasteiger partial charge in [0.1, 0.15) is 5.75 Å². The lowest BCUT2D eigenvalue weighted by Crippen LogP contribution is -2.14. The minimum atomic E-state index is 0.629. The Morgan fingerprint density at radius 2 is 1.56 bits per heavy atom. The van der Waals surface area contributed by atoms with Gasteiger partial charge in [-0.3, -0.25) is 0 Å². The number of rotatable bonds is 12. The van der Waals surface area contributed by atoms with E-state index in [0.717, 1.165) is 29.9 Å². The molecule has 0 saturated heterocycles. The first kappa shape index (κ1) is 21.4. The van der Waals surface area contributed by atoms with E-state index in [1.165, 1.54) is 19.3 Å². The molecule has 2 rings (SSSR count). The molecule has 0 amide bonds. The van der Waals surface area contributed by atoms with E-state index in [-0.39, 0.29) is 0 Å². The van der Waals surface area contributed by atoms with Gasteiger partial charge in [-0.1, -0.05) is 56.0 Å². The lowest BCUT2D eigenvalue weighted by Gasteiger charge is -2.14. The van der Waals surface area contributed by atoms with Crippen LogP contribution in [0.3, 0.4) is 0 Å². The van der Waals surface area contributed by atoms with Gasteiger partial charge in [0, 0.05) is 29.7 Å². The first-order valence-electron chi connectivity index (χ1n) is 9.51. The summed E-state index contributed by atoms with van der Waals surface area (Å²) in [5, 5.41) is 4.09.